The van der Waals surface area contributed by atoms with Crippen molar-refractivity contribution in [2.24, 2.45) is 5.10 Å². The highest BCUT2D eigenvalue weighted by Gasteiger charge is 2.00. The monoisotopic (exact) mass is 225 g/mol. The van der Waals surface area contributed by atoms with Gasteiger partial charge in [0.25, 0.3) is 0 Å². The van der Waals surface area contributed by atoms with E-state index in [0.29, 0.717) is 22.8 Å². The number of aromatic nitrogens is 1. The van der Waals surface area contributed by atoms with Crippen molar-refractivity contribution in [1.29, 1.82) is 0 Å². The molecule has 1 aromatic heterocycles. The predicted octanol–water partition coefficient (Wildman–Crippen LogP) is 1.99. The highest BCUT2D eigenvalue weighted by molar-refractivity contribution is 6.30. The van der Waals surface area contributed by atoms with Crippen LogP contribution in [0.5, 0.6) is 0 Å². The topological polar surface area (TPSA) is 54.4 Å². The lowest BCUT2D eigenvalue weighted by molar-refractivity contribution is -0.120. The Hall–Kier alpha value is -1.42. The number of amides is 1. The van der Waals surface area contributed by atoms with E-state index < -0.39 is 0 Å². The Labute approximate surface area is 93.4 Å². The molecule has 0 aliphatic rings. The zero-order chi connectivity index (χ0) is 11.3. The lowest BCUT2D eigenvalue weighted by Crippen LogP contribution is -2.18. The Morgan fingerprint density at radius 1 is 1.67 bits per heavy atom. The fourth-order valence-corrected chi connectivity index (χ4v) is 1.04. The Balaban J connectivity index is 2.75. The molecule has 5 heteroatoms. The van der Waals surface area contributed by atoms with Crippen LogP contribution in [0, 0.1) is 0 Å². The number of carbonyl (C=O) groups is 1. The first-order valence-electron chi connectivity index (χ1n) is 4.58. The first kappa shape index (κ1) is 11.7. The average Bonchev–Trinajstić information content (AvgIpc) is 2.25. The van der Waals surface area contributed by atoms with Gasteiger partial charge in [0.1, 0.15) is 0 Å². The van der Waals surface area contributed by atoms with Gasteiger partial charge < -0.3 is 0 Å². The molecule has 1 rings (SSSR count). The van der Waals surface area contributed by atoms with Crippen molar-refractivity contribution in [3.8, 4) is 0 Å². The Bertz CT molecular complexity index is 390. The highest BCUT2D eigenvalue weighted by Crippen LogP contribution is 2.08. The first-order chi connectivity index (χ1) is 7.13. The van der Waals surface area contributed by atoms with Crippen LogP contribution < -0.4 is 5.43 Å². The third kappa shape index (κ3) is 3.67. The third-order valence-electron chi connectivity index (χ3n) is 1.76. The van der Waals surface area contributed by atoms with Gasteiger partial charge in [-0.3, -0.25) is 9.78 Å². The predicted molar refractivity (Wildman–Crippen MR) is 59.9 cm³/mol. The van der Waals surface area contributed by atoms with Gasteiger partial charge >= 0.3 is 0 Å². The molecule has 0 aliphatic heterocycles. The molecule has 15 heavy (non-hydrogen) atoms. The largest absolute Gasteiger partial charge is 0.273 e. The molecule has 0 unspecified atom stereocenters. The quantitative estimate of drug-likeness (QED) is 0.632. The summed E-state index contributed by atoms with van der Waals surface area (Å²) in [7, 11) is 0. The van der Waals surface area contributed by atoms with Crippen LogP contribution in [0.1, 0.15) is 26.0 Å². The SMILES string of the molecule is CCC(=O)N/N=C(\C)c1cc(Cl)ccn1. The van der Waals surface area contributed by atoms with Crippen LogP contribution >= 0.6 is 11.6 Å². The summed E-state index contributed by atoms with van der Waals surface area (Å²) in [4.78, 5) is 15.0. The fraction of sp³-hybridized carbons (Fsp3) is 0.300. The maximum Gasteiger partial charge on any atom is 0.239 e. The maximum atomic E-state index is 10.9. The zero-order valence-corrected chi connectivity index (χ0v) is 9.38. The van der Waals surface area contributed by atoms with Crippen LogP contribution in [0.15, 0.2) is 23.4 Å². The molecule has 0 bridgehead atoms. The summed E-state index contributed by atoms with van der Waals surface area (Å²) < 4.78 is 0. The van der Waals surface area contributed by atoms with Crippen molar-refractivity contribution in [1.82, 2.24) is 10.4 Å². The molecule has 0 saturated heterocycles. The molecule has 0 saturated carbocycles. The first-order valence-corrected chi connectivity index (χ1v) is 4.96. The van der Waals surface area contributed by atoms with Gasteiger partial charge in [-0.15, -0.1) is 0 Å². The molecule has 80 valence electrons. The molecule has 0 aromatic carbocycles. The van der Waals surface area contributed by atoms with Gasteiger partial charge in [-0.05, 0) is 19.1 Å². The van der Waals surface area contributed by atoms with E-state index in [9.17, 15) is 4.79 Å². The molecule has 1 N–H and O–H groups in total. The van der Waals surface area contributed by atoms with E-state index in [2.05, 4.69) is 15.5 Å². The van der Waals surface area contributed by atoms with Crippen LogP contribution in [0.4, 0.5) is 0 Å². The standard InChI is InChI=1S/C10H12ClN3O/c1-3-10(15)14-13-7(2)9-6-8(11)4-5-12-9/h4-6H,3H2,1-2H3,(H,14,15)/b13-7+. The molecular formula is C10H12ClN3O. The number of rotatable bonds is 3. The number of pyridine rings is 1. The van der Waals surface area contributed by atoms with Gasteiger partial charge in [0.15, 0.2) is 0 Å². The zero-order valence-electron chi connectivity index (χ0n) is 8.62. The third-order valence-corrected chi connectivity index (χ3v) is 2.00. The summed E-state index contributed by atoms with van der Waals surface area (Å²) in [5.41, 5.74) is 3.69. The minimum atomic E-state index is -0.128. The van der Waals surface area contributed by atoms with Gasteiger partial charge in [-0.2, -0.15) is 5.10 Å². The van der Waals surface area contributed by atoms with Gasteiger partial charge in [0, 0.05) is 17.6 Å². The summed E-state index contributed by atoms with van der Waals surface area (Å²) in [5, 5.41) is 4.50. The second-order valence-corrected chi connectivity index (χ2v) is 3.38. The second kappa shape index (κ2) is 5.46. The number of nitrogens with one attached hydrogen (secondary N) is 1. The van der Waals surface area contributed by atoms with Crippen LogP contribution in [0.25, 0.3) is 0 Å². The fourth-order valence-electron chi connectivity index (χ4n) is 0.885. The summed E-state index contributed by atoms with van der Waals surface area (Å²) in [6.45, 7) is 3.52. The summed E-state index contributed by atoms with van der Waals surface area (Å²) in [6, 6.07) is 3.38. The van der Waals surface area contributed by atoms with Gasteiger partial charge in [0.05, 0.1) is 11.4 Å². The van der Waals surface area contributed by atoms with Crippen molar-refractivity contribution < 1.29 is 4.79 Å². The van der Waals surface area contributed by atoms with E-state index in [0.717, 1.165) is 0 Å². The molecule has 0 spiro atoms. The van der Waals surface area contributed by atoms with E-state index in [1.807, 2.05) is 0 Å². The molecule has 0 fully saturated rings. The van der Waals surface area contributed by atoms with E-state index in [1.165, 1.54) is 0 Å². The molecule has 1 heterocycles. The smallest absolute Gasteiger partial charge is 0.239 e. The van der Waals surface area contributed by atoms with Crippen LogP contribution in [-0.4, -0.2) is 16.6 Å². The summed E-state index contributed by atoms with van der Waals surface area (Å²) >= 11 is 5.80. The normalized spacial score (nSPS) is 11.3. The molecule has 4 nitrogen and oxygen atoms in total. The lowest BCUT2D eigenvalue weighted by atomic mass is 10.3. The average molecular weight is 226 g/mol. The Kier molecular flexibility index (Phi) is 4.24. The van der Waals surface area contributed by atoms with Crippen molar-refractivity contribution in [2.45, 2.75) is 20.3 Å². The molecule has 0 aliphatic carbocycles. The lowest BCUT2D eigenvalue weighted by Gasteiger charge is -2.00. The highest BCUT2D eigenvalue weighted by atomic mass is 35.5. The van der Waals surface area contributed by atoms with Crippen LogP contribution in [0.3, 0.4) is 0 Å². The van der Waals surface area contributed by atoms with E-state index in [4.69, 9.17) is 11.6 Å². The molecular weight excluding hydrogens is 214 g/mol. The van der Waals surface area contributed by atoms with Crippen molar-refractivity contribution in [3.05, 3.63) is 29.0 Å². The van der Waals surface area contributed by atoms with Crippen molar-refractivity contribution >= 4 is 23.2 Å². The van der Waals surface area contributed by atoms with E-state index in [-0.39, 0.29) is 5.91 Å². The van der Waals surface area contributed by atoms with E-state index in [1.54, 1.807) is 32.2 Å². The van der Waals surface area contributed by atoms with E-state index >= 15 is 0 Å². The van der Waals surface area contributed by atoms with Gasteiger partial charge in [-0.25, -0.2) is 5.43 Å². The molecule has 0 atom stereocenters. The maximum absolute atomic E-state index is 10.9. The summed E-state index contributed by atoms with van der Waals surface area (Å²) in [6.07, 6.45) is 2.00. The van der Waals surface area contributed by atoms with Gasteiger partial charge in [-0.1, -0.05) is 18.5 Å². The Morgan fingerprint density at radius 2 is 2.40 bits per heavy atom. The molecule has 0 radical (unpaired) electrons. The number of nitrogens with zero attached hydrogens (tertiary/aromatic N) is 2. The number of hydrogen-bond donors (Lipinski definition) is 1. The van der Waals surface area contributed by atoms with Crippen molar-refractivity contribution in [2.75, 3.05) is 0 Å². The van der Waals surface area contributed by atoms with Crippen LogP contribution in [-0.2, 0) is 4.79 Å². The second-order valence-electron chi connectivity index (χ2n) is 2.95. The molecule has 1 amide bonds. The van der Waals surface area contributed by atoms with Gasteiger partial charge in [0.2, 0.25) is 5.91 Å². The number of hydrazone groups is 1. The Morgan fingerprint density at radius 3 is 3.00 bits per heavy atom. The number of carbonyl (C=O) groups excluding carboxylic acids is 1. The minimum Gasteiger partial charge on any atom is -0.273 e. The summed E-state index contributed by atoms with van der Waals surface area (Å²) in [5.74, 6) is -0.128. The minimum absolute atomic E-state index is 0.128. The van der Waals surface area contributed by atoms with Crippen molar-refractivity contribution in [3.63, 3.8) is 0 Å². The molecule has 1 aromatic rings. The number of hydrogen-bond acceptors (Lipinski definition) is 3. The van der Waals surface area contributed by atoms with Crippen LogP contribution in [0.2, 0.25) is 5.02 Å². The number of halogens is 1.